The molecule has 1 fully saturated rings. The van der Waals surface area contributed by atoms with Gasteiger partial charge in [-0.2, -0.15) is 0 Å². The average molecular weight is 250 g/mol. The van der Waals surface area contributed by atoms with Gasteiger partial charge in [0.2, 0.25) is 0 Å². The first-order valence-corrected chi connectivity index (χ1v) is 6.07. The van der Waals surface area contributed by atoms with E-state index in [4.69, 9.17) is 4.74 Å². The lowest BCUT2D eigenvalue weighted by Crippen LogP contribution is -2.47. The molecule has 1 N–H and O–H groups in total. The summed E-state index contributed by atoms with van der Waals surface area (Å²) in [6.07, 6.45) is 2.71. The van der Waals surface area contributed by atoms with Crippen LogP contribution in [-0.4, -0.2) is 53.3 Å². The summed E-state index contributed by atoms with van der Waals surface area (Å²) >= 11 is 0. The van der Waals surface area contributed by atoms with Crippen molar-refractivity contribution in [2.24, 2.45) is 0 Å². The standard InChI is InChI=1S/C13H18N2O3/c1-15(10-13(17)5-8-18-9-6-13)12(16)11-4-2-3-7-14-11/h2-4,7,17H,5-6,8-10H2,1H3. The van der Waals surface area contributed by atoms with Crippen molar-refractivity contribution in [3.05, 3.63) is 30.1 Å². The summed E-state index contributed by atoms with van der Waals surface area (Å²) in [6, 6.07) is 5.22. The molecule has 5 heteroatoms. The zero-order valence-corrected chi connectivity index (χ0v) is 10.5. The smallest absolute Gasteiger partial charge is 0.272 e. The van der Waals surface area contributed by atoms with E-state index in [1.54, 1.807) is 31.4 Å². The molecule has 0 aromatic carbocycles. The third-order valence-corrected chi connectivity index (χ3v) is 3.19. The molecule has 1 amide bonds. The number of hydrogen-bond donors (Lipinski definition) is 1. The largest absolute Gasteiger partial charge is 0.388 e. The highest BCUT2D eigenvalue weighted by Crippen LogP contribution is 2.21. The van der Waals surface area contributed by atoms with E-state index in [1.165, 1.54) is 4.90 Å². The van der Waals surface area contributed by atoms with Gasteiger partial charge in [0.1, 0.15) is 5.69 Å². The van der Waals surface area contributed by atoms with Crippen molar-refractivity contribution in [1.82, 2.24) is 9.88 Å². The first-order chi connectivity index (χ1) is 8.61. The van der Waals surface area contributed by atoms with E-state index >= 15 is 0 Å². The number of rotatable bonds is 3. The van der Waals surface area contributed by atoms with Crippen LogP contribution in [0.3, 0.4) is 0 Å². The van der Waals surface area contributed by atoms with Gasteiger partial charge in [-0.1, -0.05) is 6.07 Å². The molecule has 1 aromatic rings. The molecule has 0 atom stereocenters. The van der Waals surface area contributed by atoms with Gasteiger partial charge < -0.3 is 14.7 Å². The highest BCUT2D eigenvalue weighted by molar-refractivity contribution is 5.92. The predicted octanol–water partition coefficient (Wildman–Crippen LogP) is 0.695. The Kier molecular flexibility index (Phi) is 3.93. The molecular weight excluding hydrogens is 232 g/mol. The number of aromatic nitrogens is 1. The molecule has 0 radical (unpaired) electrons. The molecule has 0 unspecified atom stereocenters. The SMILES string of the molecule is CN(CC1(O)CCOCC1)C(=O)c1ccccn1. The van der Waals surface area contributed by atoms with Gasteiger partial charge in [-0.3, -0.25) is 9.78 Å². The monoisotopic (exact) mass is 250 g/mol. The Labute approximate surface area is 106 Å². The molecular formula is C13H18N2O3. The fourth-order valence-electron chi connectivity index (χ4n) is 2.11. The van der Waals surface area contributed by atoms with Crippen LogP contribution in [0.25, 0.3) is 0 Å². The van der Waals surface area contributed by atoms with Gasteiger partial charge in [0.05, 0.1) is 5.60 Å². The molecule has 2 heterocycles. The third kappa shape index (κ3) is 3.05. The van der Waals surface area contributed by atoms with Crippen molar-refractivity contribution in [3.8, 4) is 0 Å². The van der Waals surface area contributed by atoms with Crippen LogP contribution in [0.1, 0.15) is 23.3 Å². The zero-order chi connectivity index (χ0) is 13.0. The van der Waals surface area contributed by atoms with E-state index < -0.39 is 5.60 Å². The summed E-state index contributed by atoms with van der Waals surface area (Å²) in [5.74, 6) is -0.171. The first kappa shape index (κ1) is 13.0. The summed E-state index contributed by atoms with van der Waals surface area (Å²) in [6.45, 7) is 1.40. The Morgan fingerprint density at radius 3 is 2.83 bits per heavy atom. The summed E-state index contributed by atoms with van der Waals surface area (Å²) in [7, 11) is 1.68. The van der Waals surface area contributed by atoms with Crippen LogP contribution in [-0.2, 0) is 4.74 Å². The minimum Gasteiger partial charge on any atom is -0.388 e. The van der Waals surface area contributed by atoms with Gasteiger partial charge in [-0.05, 0) is 12.1 Å². The van der Waals surface area contributed by atoms with Gasteiger partial charge in [-0.25, -0.2) is 0 Å². The summed E-state index contributed by atoms with van der Waals surface area (Å²) in [5, 5.41) is 10.3. The molecule has 0 saturated carbocycles. The van der Waals surface area contributed by atoms with Gasteiger partial charge in [-0.15, -0.1) is 0 Å². The van der Waals surface area contributed by atoms with E-state index in [9.17, 15) is 9.90 Å². The maximum Gasteiger partial charge on any atom is 0.272 e. The minimum absolute atomic E-state index is 0.171. The molecule has 98 valence electrons. The van der Waals surface area contributed by atoms with E-state index in [1.807, 2.05) is 0 Å². The molecule has 0 spiro atoms. The van der Waals surface area contributed by atoms with E-state index in [2.05, 4.69) is 4.98 Å². The Bertz CT molecular complexity index is 402. The van der Waals surface area contributed by atoms with Crippen LogP contribution >= 0.6 is 0 Å². The molecule has 1 saturated heterocycles. The number of ether oxygens (including phenoxy) is 1. The molecule has 1 aliphatic rings. The number of pyridine rings is 1. The summed E-state index contributed by atoms with van der Waals surface area (Å²) < 4.78 is 5.22. The molecule has 0 aliphatic carbocycles. The lowest BCUT2D eigenvalue weighted by molar-refractivity contribution is -0.0734. The fraction of sp³-hybridized carbons (Fsp3) is 0.538. The van der Waals surface area contributed by atoms with Crippen molar-refractivity contribution in [2.45, 2.75) is 18.4 Å². The van der Waals surface area contributed by atoms with Gasteiger partial charge >= 0.3 is 0 Å². The van der Waals surface area contributed by atoms with Crippen LogP contribution < -0.4 is 0 Å². The topological polar surface area (TPSA) is 62.7 Å². The molecule has 5 nitrogen and oxygen atoms in total. The average Bonchev–Trinajstić information content (AvgIpc) is 2.39. The van der Waals surface area contributed by atoms with E-state index in [0.29, 0.717) is 38.3 Å². The van der Waals surface area contributed by atoms with Crippen LogP contribution in [0, 0.1) is 0 Å². The van der Waals surface area contributed by atoms with Crippen molar-refractivity contribution in [3.63, 3.8) is 0 Å². The number of nitrogens with zero attached hydrogens (tertiary/aromatic N) is 2. The molecule has 1 aliphatic heterocycles. The Morgan fingerprint density at radius 2 is 2.22 bits per heavy atom. The maximum atomic E-state index is 12.1. The number of likely N-dealkylation sites (N-methyl/N-ethyl adjacent to an activating group) is 1. The molecule has 2 rings (SSSR count). The van der Waals surface area contributed by atoms with Gasteiger partial charge in [0, 0.05) is 45.8 Å². The van der Waals surface area contributed by atoms with Crippen molar-refractivity contribution >= 4 is 5.91 Å². The van der Waals surface area contributed by atoms with Crippen molar-refractivity contribution in [2.75, 3.05) is 26.8 Å². The van der Waals surface area contributed by atoms with Crippen LogP contribution in [0.15, 0.2) is 24.4 Å². The number of hydrogen-bond acceptors (Lipinski definition) is 4. The van der Waals surface area contributed by atoms with E-state index in [-0.39, 0.29) is 5.91 Å². The number of carbonyl (C=O) groups excluding carboxylic acids is 1. The van der Waals surface area contributed by atoms with Gasteiger partial charge in [0.25, 0.3) is 5.91 Å². The lowest BCUT2D eigenvalue weighted by Gasteiger charge is -2.35. The molecule has 1 aromatic heterocycles. The second-order valence-electron chi connectivity index (χ2n) is 4.71. The fourth-order valence-corrected chi connectivity index (χ4v) is 2.11. The van der Waals surface area contributed by atoms with Crippen molar-refractivity contribution in [1.29, 1.82) is 0 Å². The Morgan fingerprint density at radius 1 is 1.50 bits per heavy atom. The molecule has 18 heavy (non-hydrogen) atoms. The summed E-state index contributed by atoms with van der Waals surface area (Å²) in [4.78, 5) is 17.6. The van der Waals surface area contributed by atoms with Crippen LogP contribution in [0.5, 0.6) is 0 Å². The lowest BCUT2D eigenvalue weighted by atomic mass is 9.94. The van der Waals surface area contributed by atoms with Gasteiger partial charge in [0.15, 0.2) is 0 Å². The third-order valence-electron chi connectivity index (χ3n) is 3.19. The second kappa shape index (κ2) is 5.46. The normalized spacial score (nSPS) is 18.3. The first-order valence-electron chi connectivity index (χ1n) is 6.07. The highest BCUT2D eigenvalue weighted by Gasteiger charge is 2.32. The van der Waals surface area contributed by atoms with Crippen molar-refractivity contribution < 1.29 is 14.6 Å². The highest BCUT2D eigenvalue weighted by atomic mass is 16.5. The van der Waals surface area contributed by atoms with Crippen LogP contribution in [0.2, 0.25) is 0 Å². The quantitative estimate of drug-likeness (QED) is 0.857. The number of aliphatic hydroxyl groups is 1. The van der Waals surface area contributed by atoms with E-state index in [0.717, 1.165) is 0 Å². The number of carbonyl (C=O) groups is 1. The minimum atomic E-state index is -0.836. The maximum absolute atomic E-state index is 12.1. The Hall–Kier alpha value is -1.46. The molecule has 0 bridgehead atoms. The number of amides is 1. The Balaban J connectivity index is 1.99. The second-order valence-corrected chi connectivity index (χ2v) is 4.71. The van der Waals surface area contributed by atoms with Crippen LogP contribution in [0.4, 0.5) is 0 Å². The summed E-state index contributed by atoms with van der Waals surface area (Å²) in [5.41, 5.74) is -0.437. The predicted molar refractivity (Wildman–Crippen MR) is 66.2 cm³/mol. The zero-order valence-electron chi connectivity index (χ0n) is 10.5.